The summed E-state index contributed by atoms with van der Waals surface area (Å²) in [5, 5.41) is 2.87. The number of fused-ring (bicyclic) bond motifs is 1. The van der Waals surface area contributed by atoms with Crippen molar-refractivity contribution < 1.29 is 33.0 Å². The van der Waals surface area contributed by atoms with Crippen molar-refractivity contribution in [3.05, 3.63) is 71.7 Å². The largest absolute Gasteiger partial charge is 0.497 e. The fourth-order valence-electron chi connectivity index (χ4n) is 3.70. The van der Waals surface area contributed by atoms with Gasteiger partial charge in [-0.25, -0.2) is 0 Å². The minimum atomic E-state index is -0.282. The summed E-state index contributed by atoms with van der Waals surface area (Å²) in [6.45, 7) is -0.211. The van der Waals surface area contributed by atoms with Crippen LogP contribution in [0.3, 0.4) is 0 Å². The predicted octanol–water partition coefficient (Wildman–Crippen LogP) is 3.37. The normalized spacial score (nSPS) is 14.7. The van der Waals surface area contributed by atoms with Crippen molar-refractivity contribution in [1.82, 2.24) is 5.32 Å². The molecule has 0 unspecified atom stereocenters. The Bertz CT molecular complexity index is 1280. The van der Waals surface area contributed by atoms with Crippen molar-refractivity contribution in [3.63, 3.8) is 0 Å². The van der Waals surface area contributed by atoms with Crippen LogP contribution in [0.2, 0.25) is 0 Å². The summed E-state index contributed by atoms with van der Waals surface area (Å²) in [6, 6.07) is 15.4. The quantitative estimate of drug-likeness (QED) is 0.472. The molecule has 0 atom stereocenters. The van der Waals surface area contributed by atoms with Crippen LogP contribution < -0.4 is 24.4 Å². The van der Waals surface area contributed by atoms with E-state index in [0.717, 1.165) is 12.8 Å². The van der Waals surface area contributed by atoms with Gasteiger partial charge in [0.1, 0.15) is 23.0 Å². The number of benzene rings is 2. The third kappa shape index (κ3) is 5.13. The highest BCUT2D eigenvalue weighted by atomic mass is 16.5. The number of furan rings is 1. The molecular formula is C26H24N2O7. The predicted molar refractivity (Wildman–Crippen MR) is 125 cm³/mol. The summed E-state index contributed by atoms with van der Waals surface area (Å²) < 4.78 is 22.0. The Morgan fingerprint density at radius 2 is 1.91 bits per heavy atom. The van der Waals surface area contributed by atoms with E-state index >= 15 is 0 Å². The molecule has 2 heterocycles. The first-order valence-corrected chi connectivity index (χ1v) is 11.3. The third-order valence-corrected chi connectivity index (χ3v) is 5.75. The standard InChI is InChI=1S/C26H24N2O7/c1-32-18-3-2-4-19(12-18)33-14-22(29)16-5-9-23-21(11-16)28(25(30)15-34-23)13-20-8-10-24(35-20)26(31)27-17-6-7-17/h2-5,8-12,17H,6-7,13-15H2,1H3,(H,27,31). The van der Waals surface area contributed by atoms with E-state index in [-0.39, 0.29) is 49.2 Å². The number of methoxy groups -OCH3 is 1. The Morgan fingerprint density at radius 3 is 2.71 bits per heavy atom. The van der Waals surface area contributed by atoms with Crippen LogP contribution in [0.4, 0.5) is 5.69 Å². The number of nitrogens with zero attached hydrogens (tertiary/aromatic N) is 1. The molecule has 1 aliphatic heterocycles. The molecule has 180 valence electrons. The molecule has 9 heteroatoms. The second-order valence-electron chi connectivity index (χ2n) is 8.36. The molecule has 0 saturated heterocycles. The average Bonchev–Trinajstić information content (AvgIpc) is 3.57. The zero-order valence-corrected chi connectivity index (χ0v) is 19.1. The highest BCUT2D eigenvalue weighted by molar-refractivity contribution is 6.02. The number of carbonyl (C=O) groups excluding carboxylic acids is 3. The maximum absolute atomic E-state index is 12.8. The van der Waals surface area contributed by atoms with E-state index in [1.807, 2.05) is 0 Å². The fraction of sp³-hybridized carbons (Fsp3) is 0.269. The zero-order chi connectivity index (χ0) is 24.4. The minimum Gasteiger partial charge on any atom is -0.497 e. The summed E-state index contributed by atoms with van der Waals surface area (Å²) in [6.07, 6.45) is 1.95. The van der Waals surface area contributed by atoms with Gasteiger partial charge in [0.25, 0.3) is 11.8 Å². The van der Waals surface area contributed by atoms with Crippen LogP contribution in [-0.2, 0) is 11.3 Å². The molecule has 1 saturated carbocycles. The number of anilines is 1. The molecule has 5 rings (SSSR count). The SMILES string of the molecule is COc1cccc(OCC(=O)c2ccc3c(c2)N(Cc2ccc(C(=O)NC4CC4)o2)C(=O)CO3)c1. The number of nitrogens with one attached hydrogen (secondary N) is 1. The minimum absolute atomic E-state index is 0.101. The number of rotatable bonds is 9. The molecular weight excluding hydrogens is 452 g/mol. The molecule has 1 fully saturated rings. The second kappa shape index (κ2) is 9.54. The van der Waals surface area contributed by atoms with Gasteiger partial charge in [0.05, 0.1) is 19.3 Å². The molecule has 35 heavy (non-hydrogen) atoms. The lowest BCUT2D eigenvalue weighted by atomic mass is 10.1. The maximum Gasteiger partial charge on any atom is 0.287 e. The van der Waals surface area contributed by atoms with Crippen molar-refractivity contribution >= 4 is 23.3 Å². The van der Waals surface area contributed by atoms with E-state index in [1.54, 1.807) is 61.7 Å². The monoisotopic (exact) mass is 476 g/mol. The molecule has 2 aromatic carbocycles. The third-order valence-electron chi connectivity index (χ3n) is 5.75. The number of amides is 2. The maximum atomic E-state index is 12.8. The number of hydrogen-bond donors (Lipinski definition) is 1. The van der Waals surface area contributed by atoms with Crippen molar-refractivity contribution in [2.75, 3.05) is 25.2 Å². The molecule has 1 N–H and O–H groups in total. The van der Waals surface area contributed by atoms with Crippen LogP contribution >= 0.6 is 0 Å². The zero-order valence-electron chi connectivity index (χ0n) is 19.1. The molecule has 3 aromatic rings. The Kier molecular flexibility index (Phi) is 6.13. The lowest BCUT2D eigenvalue weighted by molar-refractivity contribution is -0.121. The van der Waals surface area contributed by atoms with Crippen LogP contribution in [-0.4, -0.2) is 44.0 Å². The molecule has 2 amide bonds. The Balaban J connectivity index is 1.30. The van der Waals surface area contributed by atoms with Crippen molar-refractivity contribution in [2.24, 2.45) is 0 Å². The molecule has 0 bridgehead atoms. The van der Waals surface area contributed by atoms with Gasteiger partial charge >= 0.3 is 0 Å². The van der Waals surface area contributed by atoms with Gasteiger partial charge in [-0.15, -0.1) is 0 Å². The molecule has 1 aliphatic carbocycles. The van der Waals surface area contributed by atoms with Crippen molar-refractivity contribution in [3.8, 4) is 17.2 Å². The highest BCUT2D eigenvalue weighted by Gasteiger charge is 2.29. The summed E-state index contributed by atoms with van der Waals surface area (Å²) in [5.74, 6) is 1.46. The number of ether oxygens (including phenoxy) is 3. The first-order valence-electron chi connectivity index (χ1n) is 11.3. The summed E-state index contributed by atoms with van der Waals surface area (Å²) in [5.41, 5.74) is 0.827. The van der Waals surface area contributed by atoms with Gasteiger partial charge in [-0.2, -0.15) is 0 Å². The molecule has 1 aromatic heterocycles. The van der Waals surface area contributed by atoms with Crippen LogP contribution in [0.25, 0.3) is 0 Å². The van der Waals surface area contributed by atoms with Crippen molar-refractivity contribution in [2.45, 2.75) is 25.4 Å². The Hall–Kier alpha value is -4.27. The summed E-state index contributed by atoms with van der Waals surface area (Å²) in [4.78, 5) is 39.2. The number of carbonyl (C=O) groups is 3. The van der Waals surface area contributed by atoms with Crippen LogP contribution in [0.5, 0.6) is 17.2 Å². The molecule has 0 radical (unpaired) electrons. The fourth-order valence-corrected chi connectivity index (χ4v) is 3.70. The number of ketones is 1. The molecule has 0 spiro atoms. The van der Waals surface area contributed by atoms with E-state index in [4.69, 9.17) is 18.6 Å². The second-order valence-corrected chi connectivity index (χ2v) is 8.36. The van der Waals surface area contributed by atoms with Gasteiger partial charge in [-0.1, -0.05) is 6.07 Å². The lowest BCUT2D eigenvalue weighted by Gasteiger charge is -2.29. The van der Waals surface area contributed by atoms with Gasteiger partial charge < -0.3 is 23.9 Å². The average molecular weight is 476 g/mol. The number of hydrogen-bond acceptors (Lipinski definition) is 7. The summed E-state index contributed by atoms with van der Waals surface area (Å²) >= 11 is 0. The smallest absolute Gasteiger partial charge is 0.287 e. The van der Waals surface area contributed by atoms with E-state index in [0.29, 0.717) is 34.3 Å². The van der Waals surface area contributed by atoms with Crippen LogP contribution in [0, 0.1) is 0 Å². The molecule has 9 nitrogen and oxygen atoms in total. The Labute approximate surface area is 201 Å². The number of Topliss-reactive ketones (excluding diaryl/α,β-unsaturated/α-hetero) is 1. The topological polar surface area (TPSA) is 107 Å². The van der Waals surface area contributed by atoms with Crippen LogP contribution in [0.1, 0.15) is 39.5 Å². The Morgan fingerprint density at radius 1 is 1.09 bits per heavy atom. The van der Waals surface area contributed by atoms with Gasteiger partial charge in [0.2, 0.25) is 0 Å². The van der Waals surface area contributed by atoms with Gasteiger partial charge in [-0.3, -0.25) is 19.3 Å². The van der Waals surface area contributed by atoms with E-state index in [9.17, 15) is 14.4 Å². The molecule has 2 aliphatic rings. The van der Waals surface area contributed by atoms with E-state index in [2.05, 4.69) is 5.32 Å². The van der Waals surface area contributed by atoms with Gasteiger partial charge in [0, 0.05) is 17.7 Å². The first kappa shape index (κ1) is 22.5. The summed E-state index contributed by atoms with van der Waals surface area (Å²) in [7, 11) is 1.55. The van der Waals surface area contributed by atoms with Crippen LogP contribution in [0.15, 0.2) is 59.0 Å². The highest BCUT2D eigenvalue weighted by Crippen LogP contribution is 2.34. The first-order chi connectivity index (χ1) is 17.0. The van der Waals surface area contributed by atoms with Crippen molar-refractivity contribution in [1.29, 1.82) is 0 Å². The van der Waals surface area contributed by atoms with E-state index in [1.165, 1.54) is 4.90 Å². The van der Waals surface area contributed by atoms with Gasteiger partial charge in [0.15, 0.2) is 24.8 Å². The lowest BCUT2D eigenvalue weighted by Crippen LogP contribution is -2.38. The van der Waals surface area contributed by atoms with Gasteiger partial charge in [-0.05, 0) is 55.3 Å². The van der Waals surface area contributed by atoms with E-state index < -0.39 is 0 Å².